The van der Waals surface area contributed by atoms with Gasteiger partial charge in [0.1, 0.15) is 18.4 Å². The average molecular weight is 182 g/mol. The maximum atomic E-state index is 11.2. The van der Waals surface area contributed by atoms with Crippen molar-refractivity contribution in [1.29, 1.82) is 0 Å². The molecule has 0 radical (unpaired) electrons. The van der Waals surface area contributed by atoms with E-state index in [0.29, 0.717) is 6.54 Å². The van der Waals surface area contributed by atoms with E-state index in [9.17, 15) is 4.79 Å². The topological polar surface area (TPSA) is 51.0 Å². The minimum atomic E-state index is -0.123. The van der Waals surface area contributed by atoms with Crippen LogP contribution in [0.4, 0.5) is 0 Å². The molecule has 72 valence electrons. The maximum absolute atomic E-state index is 11.2. The van der Waals surface area contributed by atoms with Crippen LogP contribution in [0.1, 0.15) is 6.92 Å². The van der Waals surface area contributed by atoms with Gasteiger partial charge in [-0.3, -0.25) is 14.4 Å². The fourth-order valence-corrected chi connectivity index (χ4v) is 1.16. The number of likely N-dealkylation sites (N-methyl/N-ethyl adjacent to an activating group) is 1. The third-order valence-electron chi connectivity index (χ3n) is 1.92. The first-order valence-corrected chi connectivity index (χ1v) is 4.10. The Bertz CT molecular complexity index is 268. The molecule has 1 aromatic heterocycles. The number of hydrogen-bond donors (Lipinski definition) is 0. The number of hydrogen-bond acceptors (Lipinski definition) is 4. The predicted molar refractivity (Wildman–Crippen MR) is 48.2 cm³/mol. The van der Waals surface area contributed by atoms with E-state index >= 15 is 0 Å². The van der Waals surface area contributed by atoms with Crippen LogP contribution in [0.25, 0.3) is 0 Å². The van der Waals surface area contributed by atoms with E-state index in [0.717, 1.165) is 0 Å². The van der Waals surface area contributed by atoms with Gasteiger partial charge in [-0.15, -0.1) is 0 Å². The second kappa shape index (κ2) is 4.13. The molecule has 1 atom stereocenters. The summed E-state index contributed by atoms with van der Waals surface area (Å²) in [6, 6.07) is -0.123. The lowest BCUT2D eigenvalue weighted by atomic mass is 10.2. The Labute approximate surface area is 77.4 Å². The molecule has 0 fully saturated rings. The van der Waals surface area contributed by atoms with Gasteiger partial charge >= 0.3 is 0 Å². The van der Waals surface area contributed by atoms with E-state index < -0.39 is 0 Å². The Morgan fingerprint density at radius 1 is 1.62 bits per heavy atom. The van der Waals surface area contributed by atoms with E-state index in [1.807, 2.05) is 19.0 Å². The first-order valence-electron chi connectivity index (χ1n) is 4.10. The summed E-state index contributed by atoms with van der Waals surface area (Å²) in [5, 5.41) is 3.95. The number of aromatic nitrogens is 3. The Morgan fingerprint density at radius 3 is 2.69 bits per heavy atom. The largest absolute Gasteiger partial charge is 0.298 e. The fourth-order valence-electron chi connectivity index (χ4n) is 1.16. The minimum Gasteiger partial charge on any atom is -0.298 e. The van der Waals surface area contributed by atoms with Crippen molar-refractivity contribution in [1.82, 2.24) is 19.7 Å². The molecule has 5 nitrogen and oxygen atoms in total. The van der Waals surface area contributed by atoms with Gasteiger partial charge in [-0.2, -0.15) is 5.10 Å². The Kier molecular flexibility index (Phi) is 3.13. The predicted octanol–water partition coefficient (Wildman–Crippen LogP) is -0.203. The Balaban J connectivity index is 2.63. The normalized spacial score (nSPS) is 13.2. The van der Waals surface area contributed by atoms with Crippen LogP contribution in [0.15, 0.2) is 12.7 Å². The maximum Gasteiger partial charge on any atom is 0.148 e. The van der Waals surface area contributed by atoms with Gasteiger partial charge in [0.15, 0.2) is 0 Å². The van der Waals surface area contributed by atoms with Crippen molar-refractivity contribution in [3.8, 4) is 0 Å². The molecular formula is C8H14N4O. The van der Waals surface area contributed by atoms with Crippen molar-refractivity contribution in [3.63, 3.8) is 0 Å². The van der Waals surface area contributed by atoms with Gasteiger partial charge in [0, 0.05) is 0 Å². The second-order valence-corrected chi connectivity index (χ2v) is 3.21. The molecule has 13 heavy (non-hydrogen) atoms. The zero-order chi connectivity index (χ0) is 9.84. The quantitative estimate of drug-likeness (QED) is 0.647. The molecule has 0 amide bonds. The second-order valence-electron chi connectivity index (χ2n) is 3.21. The average Bonchev–Trinajstić information content (AvgIpc) is 2.50. The van der Waals surface area contributed by atoms with E-state index in [2.05, 4.69) is 10.1 Å². The zero-order valence-electron chi connectivity index (χ0n) is 8.14. The van der Waals surface area contributed by atoms with Crippen LogP contribution in [0, 0.1) is 0 Å². The van der Waals surface area contributed by atoms with Crippen molar-refractivity contribution in [2.24, 2.45) is 0 Å². The summed E-state index contributed by atoms with van der Waals surface area (Å²) in [5.41, 5.74) is 0. The highest BCUT2D eigenvalue weighted by Crippen LogP contribution is 1.98. The van der Waals surface area contributed by atoms with E-state index in [1.54, 1.807) is 17.9 Å². The lowest BCUT2D eigenvalue weighted by Gasteiger charge is -2.20. The number of rotatable bonds is 4. The molecule has 0 bridgehead atoms. The van der Waals surface area contributed by atoms with Crippen molar-refractivity contribution < 1.29 is 4.79 Å². The minimum absolute atomic E-state index is 0.123. The third-order valence-corrected chi connectivity index (χ3v) is 1.92. The highest BCUT2D eigenvalue weighted by molar-refractivity contribution is 5.81. The van der Waals surface area contributed by atoms with Crippen LogP contribution < -0.4 is 0 Å². The van der Waals surface area contributed by atoms with Crippen molar-refractivity contribution in [3.05, 3.63) is 12.7 Å². The molecule has 1 heterocycles. The van der Waals surface area contributed by atoms with Crippen molar-refractivity contribution >= 4 is 5.78 Å². The molecule has 0 N–H and O–H groups in total. The van der Waals surface area contributed by atoms with Crippen molar-refractivity contribution in [2.75, 3.05) is 14.1 Å². The highest BCUT2D eigenvalue weighted by atomic mass is 16.1. The molecule has 1 unspecified atom stereocenters. The zero-order valence-corrected chi connectivity index (χ0v) is 8.14. The van der Waals surface area contributed by atoms with Crippen LogP contribution in [0.5, 0.6) is 0 Å². The number of ketones is 1. The first kappa shape index (κ1) is 9.85. The number of carbonyl (C=O) groups is 1. The summed E-state index contributed by atoms with van der Waals surface area (Å²) in [5.74, 6) is 0.139. The monoisotopic (exact) mass is 182 g/mol. The highest BCUT2D eigenvalue weighted by Gasteiger charge is 2.17. The van der Waals surface area contributed by atoms with Gasteiger partial charge in [0.25, 0.3) is 0 Å². The molecule has 1 aromatic rings. The summed E-state index contributed by atoms with van der Waals surface area (Å²) in [6.07, 6.45) is 3.08. The van der Waals surface area contributed by atoms with Gasteiger partial charge in [0.2, 0.25) is 0 Å². The lowest BCUT2D eigenvalue weighted by molar-refractivity contribution is -0.121. The van der Waals surface area contributed by atoms with Crippen LogP contribution in [0.2, 0.25) is 0 Å². The molecule has 0 saturated carbocycles. The van der Waals surface area contributed by atoms with Gasteiger partial charge in [-0.25, -0.2) is 4.98 Å². The third kappa shape index (κ3) is 2.62. The van der Waals surface area contributed by atoms with Gasteiger partial charge in [-0.05, 0) is 21.0 Å². The van der Waals surface area contributed by atoms with Gasteiger partial charge in [0.05, 0.1) is 12.6 Å². The molecule has 0 aliphatic rings. The molecular weight excluding hydrogens is 168 g/mol. The van der Waals surface area contributed by atoms with Crippen LogP contribution >= 0.6 is 0 Å². The van der Waals surface area contributed by atoms with Gasteiger partial charge in [-0.1, -0.05) is 0 Å². The lowest BCUT2D eigenvalue weighted by Crippen LogP contribution is -2.38. The molecule has 0 saturated heterocycles. The standard InChI is InChI=1S/C8H14N4O/c1-7(13)8(11(2)3)4-12-6-9-5-10-12/h5-6,8H,4H2,1-3H3. The summed E-state index contributed by atoms with van der Waals surface area (Å²) in [6.45, 7) is 2.14. The SMILES string of the molecule is CC(=O)C(Cn1cncn1)N(C)C. The Morgan fingerprint density at radius 2 is 2.31 bits per heavy atom. The molecule has 0 aromatic carbocycles. The molecule has 1 rings (SSSR count). The molecule has 5 heteroatoms. The fraction of sp³-hybridized carbons (Fsp3) is 0.625. The van der Waals surface area contributed by atoms with Gasteiger partial charge < -0.3 is 0 Å². The molecule has 0 aliphatic heterocycles. The summed E-state index contributed by atoms with van der Waals surface area (Å²) < 4.78 is 1.66. The smallest absolute Gasteiger partial charge is 0.148 e. The summed E-state index contributed by atoms with van der Waals surface area (Å²) in [7, 11) is 3.76. The number of carbonyl (C=O) groups excluding carboxylic acids is 1. The van der Waals surface area contributed by atoms with Crippen molar-refractivity contribution in [2.45, 2.75) is 19.5 Å². The summed E-state index contributed by atoms with van der Waals surface area (Å²) in [4.78, 5) is 16.9. The number of nitrogens with zero attached hydrogens (tertiary/aromatic N) is 4. The first-order chi connectivity index (χ1) is 6.11. The van der Waals surface area contributed by atoms with Crippen LogP contribution in [-0.2, 0) is 11.3 Å². The number of Topliss-reactive ketones (excluding diaryl/α,β-unsaturated/α-hetero) is 1. The van der Waals surface area contributed by atoms with Crippen LogP contribution in [-0.4, -0.2) is 45.6 Å². The summed E-state index contributed by atoms with van der Waals surface area (Å²) >= 11 is 0. The van der Waals surface area contributed by atoms with E-state index in [-0.39, 0.29) is 11.8 Å². The van der Waals surface area contributed by atoms with Crippen LogP contribution in [0.3, 0.4) is 0 Å². The molecule has 0 aliphatic carbocycles. The Hall–Kier alpha value is -1.23. The molecule has 0 spiro atoms. The van der Waals surface area contributed by atoms with E-state index in [4.69, 9.17) is 0 Å². The van der Waals surface area contributed by atoms with E-state index in [1.165, 1.54) is 6.33 Å².